The van der Waals surface area contributed by atoms with Crippen LogP contribution in [0.1, 0.15) is 0 Å². The molecule has 0 unspecified atom stereocenters. The zero-order valence-electron chi connectivity index (χ0n) is 7.72. The van der Waals surface area contributed by atoms with Crippen LogP contribution < -0.4 is 4.74 Å². The van der Waals surface area contributed by atoms with Crippen molar-refractivity contribution < 1.29 is 9.84 Å². The smallest absolute Gasteiger partial charge is 0.169 e. The number of hydrogen-bond donors (Lipinski definition) is 1. The number of phenols is 1. The highest BCUT2D eigenvalue weighted by molar-refractivity contribution is 6.31. The van der Waals surface area contributed by atoms with Crippen LogP contribution in [0.15, 0.2) is 42.7 Å². The summed E-state index contributed by atoms with van der Waals surface area (Å²) in [6.07, 6.45) is 3.05. The van der Waals surface area contributed by atoms with Gasteiger partial charge in [-0.3, -0.25) is 4.98 Å². The Morgan fingerprint density at radius 3 is 2.67 bits per heavy atom. The Labute approximate surface area is 91.9 Å². The Balaban J connectivity index is 2.30. The molecule has 0 amide bonds. The molecule has 0 fully saturated rings. The topological polar surface area (TPSA) is 42.4 Å². The number of halogens is 1. The van der Waals surface area contributed by atoms with Gasteiger partial charge in [0.2, 0.25) is 0 Å². The number of rotatable bonds is 2. The van der Waals surface area contributed by atoms with Crippen molar-refractivity contribution in [3.05, 3.63) is 47.7 Å². The number of nitrogens with zero attached hydrogens (tertiary/aromatic N) is 1. The summed E-state index contributed by atoms with van der Waals surface area (Å²) in [4.78, 5) is 3.83. The van der Waals surface area contributed by atoms with Crippen LogP contribution in [0, 0.1) is 0 Å². The molecule has 0 atom stereocenters. The minimum absolute atomic E-state index is 0.0744. The van der Waals surface area contributed by atoms with Crippen LogP contribution in [-0.2, 0) is 0 Å². The van der Waals surface area contributed by atoms with E-state index in [1.54, 1.807) is 36.5 Å². The number of para-hydroxylation sites is 2. The zero-order valence-corrected chi connectivity index (χ0v) is 8.48. The first-order valence-corrected chi connectivity index (χ1v) is 4.70. The third-order valence-corrected chi connectivity index (χ3v) is 2.10. The second kappa shape index (κ2) is 4.19. The molecule has 2 rings (SSSR count). The van der Waals surface area contributed by atoms with Crippen molar-refractivity contribution in [3.63, 3.8) is 0 Å². The molecule has 0 aliphatic heterocycles. The van der Waals surface area contributed by atoms with Crippen molar-refractivity contribution in [3.8, 4) is 17.2 Å². The van der Waals surface area contributed by atoms with Gasteiger partial charge in [0, 0.05) is 18.5 Å². The molecule has 4 heteroatoms. The van der Waals surface area contributed by atoms with Gasteiger partial charge >= 0.3 is 0 Å². The van der Waals surface area contributed by atoms with E-state index in [9.17, 15) is 5.11 Å². The molecule has 0 saturated heterocycles. The van der Waals surface area contributed by atoms with E-state index in [0.717, 1.165) is 0 Å². The van der Waals surface area contributed by atoms with Crippen LogP contribution in [0.2, 0.25) is 5.02 Å². The standard InChI is InChI=1S/C11H8ClNO2/c12-8-7-13-6-5-10(8)15-11-4-2-1-3-9(11)14/h1-7,14H. The number of phenolic OH excluding ortho intramolecular Hbond substituents is 1. The largest absolute Gasteiger partial charge is 0.504 e. The minimum atomic E-state index is 0.0744. The lowest BCUT2D eigenvalue weighted by Crippen LogP contribution is -1.86. The number of benzene rings is 1. The van der Waals surface area contributed by atoms with Crippen molar-refractivity contribution in [1.29, 1.82) is 0 Å². The Hall–Kier alpha value is -1.74. The molecule has 0 spiro atoms. The Morgan fingerprint density at radius 1 is 1.13 bits per heavy atom. The molecule has 15 heavy (non-hydrogen) atoms. The molecule has 0 radical (unpaired) electrons. The highest BCUT2D eigenvalue weighted by Crippen LogP contribution is 2.33. The van der Waals surface area contributed by atoms with Gasteiger partial charge < -0.3 is 9.84 Å². The predicted molar refractivity (Wildman–Crippen MR) is 57.4 cm³/mol. The van der Waals surface area contributed by atoms with Crippen molar-refractivity contribution in [2.24, 2.45) is 0 Å². The van der Waals surface area contributed by atoms with Gasteiger partial charge in [0.15, 0.2) is 11.5 Å². The maximum Gasteiger partial charge on any atom is 0.169 e. The van der Waals surface area contributed by atoms with Gasteiger partial charge in [0.05, 0.1) is 0 Å². The molecule has 2 aromatic rings. The lowest BCUT2D eigenvalue weighted by molar-refractivity contribution is 0.411. The molecule has 1 aromatic carbocycles. The predicted octanol–water partition coefficient (Wildman–Crippen LogP) is 3.23. The maximum atomic E-state index is 9.48. The quantitative estimate of drug-likeness (QED) is 0.847. The van der Waals surface area contributed by atoms with E-state index in [4.69, 9.17) is 16.3 Å². The van der Waals surface area contributed by atoms with Gasteiger partial charge in [0.25, 0.3) is 0 Å². The first kappa shape index (κ1) is 9.80. The normalized spacial score (nSPS) is 9.93. The minimum Gasteiger partial charge on any atom is -0.504 e. The average molecular weight is 222 g/mol. The number of aromatic nitrogens is 1. The van der Waals surface area contributed by atoms with Gasteiger partial charge in [-0.2, -0.15) is 0 Å². The summed E-state index contributed by atoms with van der Waals surface area (Å²) in [6, 6.07) is 8.33. The molecule has 0 aliphatic carbocycles. The summed E-state index contributed by atoms with van der Waals surface area (Å²) in [5, 5.41) is 9.88. The molecule has 1 N–H and O–H groups in total. The lowest BCUT2D eigenvalue weighted by atomic mass is 10.3. The third-order valence-electron chi connectivity index (χ3n) is 1.82. The first-order chi connectivity index (χ1) is 7.27. The maximum absolute atomic E-state index is 9.48. The van der Waals surface area contributed by atoms with Crippen molar-refractivity contribution in [2.75, 3.05) is 0 Å². The monoisotopic (exact) mass is 221 g/mol. The van der Waals surface area contributed by atoms with E-state index in [-0.39, 0.29) is 5.75 Å². The lowest BCUT2D eigenvalue weighted by Gasteiger charge is -2.07. The molecule has 0 aliphatic rings. The summed E-state index contributed by atoms with van der Waals surface area (Å²) >= 11 is 5.86. The summed E-state index contributed by atoms with van der Waals surface area (Å²) in [5.41, 5.74) is 0. The second-order valence-electron chi connectivity index (χ2n) is 2.88. The number of ether oxygens (including phenoxy) is 1. The van der Waals surface area contributed by atoms with Crippen molar-refractivity contribution in [1.82, 2.24) is 4.98 Å². The summed E-state index contributed by atoms with van der Waals surface area (Å²) in [5.74, 6) is 0.907. The average Bonchev–Trinajstić information content (AvgIpc) is 2.24. The Morgan fingerprint density at radius 2 is 1.93 bits per heavy atom. The van der Waals surface area contributed by atoms with Crippen LogP contribution >= 0.6 is 11.6 Å². The SMILES string of the molecule is Oc1ccccc1Oc1ccncc1Cl. The second-order valence-corrected chi connectivity index (χ2v) is 3.28. The fourth-order valence-corrected chi connectivity index (χ4v) is 1.27. The van der Waals surface area contributed by atoms with Gasteiger partial charge in [-0.1, -0.05) is 23.7 Å². The van der Waals surface area contributed by atoms with Crippen LogP contribution in [0.3, 0.4) is 0 Å². The van der Waals surface area contributed by atoms with Crippen molar-refractivity contribution in [2.45, 2.75) is 0 Å². The van der Waals surface area contributed by atoms with E-state index in [2.05, 4.69) is 4.98 Å². The molecule has 1 heterocycles. The molecule has 0 bridgehead atoms. The van der Waals surface area contributed by atoms with E-state index in [0.29, 0.717) is 16.5 Å². The zero-order chi connectivity index (χ0) is 10.7. The van der Waals surface area contributed by atoms with E-state index < -0.39 is 0 Å². The molecular formula is C11H8ClNO2. The Bertz CT molecular complexity index is 430. The molecule has 76 valence electrons. The highest BCUT2D eigenvalue weighted by Gasteiger charge is 2.05. The summed E-state index contributed by atoms with van der Waals surface area (Å²) in [6.45, 7) is 0. The Kier molecular flexibility index (Phi) is 2.74. The van der Waals surface area contributed by atoms with Gasteiger partial charge in [-0.25, -0.2) is 0 Å². The van der Waals surface area contributed by atoms with E-state index >= 15 is 0 Å². The van der Waals surface area contributed by atoms with E-state index in [1.807, 2.05) is 0 Å². The van der Waals surface area contributed by atoms with E-state index in [1.165, 1.54) is 6.20 Å². The van der Waals surface area contributed by atoms with Crippen LogP contribution in [-0.4, -0.2) is 10.1 Å². The number of aromatic hydroxyl groups is 1. The van der Waals surface area contributed by atoms with Crippen molar-refractivity contribution >= 4 is 11.6 Å². The van der Waals surface area contributed by atoms with Crippen LogP contribution in [0.4, 0.5) is 0 Å². The summed E-state index contributed by atoms with van der Waals surface area (Å²) in [7, 11) is 0. The molecule has 3 nitrogen and oxygen atoms in total. The summed E-state index contributed by atoms with van der Waals surface area (Å²) < 4.78 is 5.42. The molecule has 0 saturated carbocycles. The van der Waals surface area contributed by atoms with Gasteiger partial charge in [-0.05, 0) is 12.1 Å². The number of pyridine rings is 1. The van der Waals surface area contributed by atoms with Crippen LogP contribution in [0.5, 0.6) is 17.2 Å². The number of hydrogen-bond acceptors (Lipinski definition) is 3. The first-order valence-electron chi connectivity index (χ1n) is 4.33. The fraction of sp³-hybridized carbons (Fsp3) is 0. The third kappa shape index (κ3) is 2.19. The van der Waals surface area contributed by atoms with Gasteiger partial charge in [-0.15, -0.1) is 0 Å². The van der Waals surface area contributed by atoms with Gasteiger partial charge in [0.1, 0.15) is 10.8 Å². The highest BCUT2D eigenvalue weighted by atomic mass is 35.5. The fourth-order valence-electron chi connectivity index (χ4n) is 1.11. The molecule has 1 aromatic heterocycles. The van der Waals surface area contributed by atoms with Crippen LogP contribution in [0.25, 0.3) is 0 Å². The molecular weight excluding hydrogens is 214 g/mol.